The molecular formula is C14H19NO2. The largest absolute Gasteiger partial charge is 0.481 e. The average Bonchev–Trinajstić information content (AvgIpc) is 2.57. The van der Waals surface area contributed by atoms with Crippen LogP contribution in [0.25, 0.3) is 0 Å². The van der Waals surface area contributed by atoms with E-state index in [1.54, 1.807) is 6.92 Å². The lowest BCUT2D eigenvalue weighted by molar-refractivity contribution is -0.141. The molecule has 0 fully saturated rings. The van der Waals surface area contributed by atoms with Gasteiger partial charge in [0.05, 0.1) is 5.92 Å². The molecule has 2 atom stereocenters. The zero-order chi connectivity index (χ0) is 12.6. The molecule has 3 heteroatoms. The van der Waals surface area contributed by atoms with Crippen LogP contribution in [0, 0.1) is 5.92 Å². The molecule has 2 unspecified atom stereocenters. The number of anilines is 1. The van der Waals surface area contributed by atoms with E-state index in [4.69, 9.17) is 5.11 Å². The van der Waals surface area contributed by atoms with E-state index in [1.807, 2.05) is 6.07 Å². The lowest BCUT2D eigenvalue weighted by Crippen LogP contribution is -2.23. The second-order valence-electron chi connectivity index (χ2n) is 5.02. The van der Waals surface area contributed by atoms with E-state index in [1.165, 1.54) is 16.8 Å². The highest BCUT2D eigenvalue weighted by molar-refractivity contribution is 5.70. The molecule has 0 aliphatic carbocycles. The van der Waals surface area contributed by atoms with Crippen LogP contribution in [-0.4, -0.2) is 24.2 Å². The molecule has 92 valence electrons. The first-order valence-electron chi connectivity index (χ1n) is 6.07. The van der Waals surface area contributed by atoms with Gasteiger partial charge in [-0.25, -0.2) is 0 Å². The maximum atomic E-state index is 10.9. The summed E-state index contributed by atoms with van der Waals surface area (Å²) in [4.78, 5) is 13.2. The smallest absolute Gasteiger partial charge is 0.306 e. The molecule has 1 aliphatic heterocycles. The molecule has 0 bridgehead atoms. The Morgan fingerprint density at radius 3 is 2.94 bits per heavy atom. The molecule has 0 saturated heterocycles. The van der Waals surface area contributed by atoms with Crippen LogP contribution >= 0.6 is 0 Å². The molecular weight excluding hydrogens is 214 g/mol. The van der Waals surface area contributed by atoms with E-state index in [0.29, 0.717) is 12.5 Å². The number of carboxylic acid groups (broad SMARTS) is 1. The summed E-state index contributed by atoms with van der Waals surface area (Å²) in [6, 6.07) is 6.71. The van der Waals surface area contributed by atoms with Crippen LogP contribution in [0.3, 0.4) is 0 Å². The van der Waals surface area contributed by atoms with Crippen LogP contribution in [0.15, 0.2) is 18.2 Å². The van der Waals surface area contributed by atoms with Crippen molar-refractivity contribution < 1.29 is 9.90 Å². The number of nitrogens with zero attached hydrogens (tertiary/aromatic N) is 1. The summed E-state index contributed by atoms with van der Waals surface area (Å²) < 4.78 is 0. The number of likely N-dealkylation sites (N-methyl/N-ethyl adjacent to an activating group) is 1. The van der Waals surface area contributed by atoms with Crippen molar-refractivity contribution in [3.05, 3.63) is 29.3 Å². The van der Waals surface area contributed by atoms with Gasteiger partial charge in [-0.3, -0.25) is 4.79 Å². The monoisotopic (exact) mass is 233 g/mol. The fraction of sp³-hybridized carbons (Fsp3) is 0.500. The minimum absolute atomic E-state index is 0.317. The van der Waals surface area contributed by atoms with Crippen LogP contribution in [0.1, 0.15) is 25.0 Å². The molecule has 0 saturated carbocycles. The molecule has 17 heavy (non-hydrogen) atoms. The van der Waals surface area contributed by atoms with Crippen molar-refractivity contribution in [3.8, 4) is 0 Å². The van der Waals surface area contributed by atoms with Crippen LogP contribution in [0.4, 0.5) is 5.69 Å². The Hall–Kier alpha value is -1.51. The third-order valence-corrected chi connectivity index (χ3v) is 3.74. The summed E-state index contributed by atoms with van der Waals surface area (Å²) in [5.74, 6) is -1.04. The summed E-state index contributed by atoms with van der Waals surface area (Å²) in [5.41, 5.74) is 3.77. The number of carbonyl (C=O) groups is 1. The predicted molar refractivity (Wildman–Crippen MR) is 68.5 cm³/mol. The number of fused-ring (bicyclic) bond motifs is 1. The molecule has 1 aromatic carbocycles. The van der Waals surface area contributed by atoms with Crippen LogP contribution in [-0.2, 0) is 17.6 Å². The molecule has 3 nitrogen and oxygen atoms in total. The van der Waals surface area contributed by atoms with Gasteiger partial charge in [-0.15, -0.1) is 0 Å². The van der Waals surface area contributed by atoms with Crippen molar-refractivity contribution in [2.45, 2.75) is 32.7 Å². The first-order valence-corrected chi connectivity index (χ1v) is 6.07. The highest BCUT2D eigenvalue weighted by Crippen LogP contribution is 2.34. The van der Waals surface area contributed by atoms with Gasteiger partial charge < -0.3 is 10.0 Å². The molecule has 0 aromatic heterocycles. The van der Waals surface area contributed by atoms with Gasteiger partial charge in [0.15, 0.2) is 0 Å². The number of hydrogen-bond acceptors (Lipinski definition) is 2. The SMILES string of the molecule is CC(Cc1cccc2c1CC(C)N2C)C(=O)O. The van der Waals surface area contributed by atoms with E-state index < -0.39 is 5.97 Å². The van der Waals surface area contributed by atoms with E-state index in [-0.39, 0.29) is 5.92 Å². The Morgan fingerprint density at radius 2 is 2.29 bits per heavy atom. The van der Waals surface area contributed by atoms with E-state index >= 15 is 0 Å². The number of benzene rings is 1. The summed E-state index contributed by atoms with van der Waals surface area (Å²) in [6.07, 6.45) is 1.65. The van der Waals surface area contributed by atoms with Gasteiger partial charge >= 0.3 is 5.97 Å². The quantitative estimate of drug-likeness (QED) is 0.871. The van der Waals surface area contributed by atoms with Gasteiger partial charge in [0, 0.05) is 18.8 Å². The molecule has 0 radical (unpaired) electrons. The third kappa shape index (κ3) is 2.14. The predicted octanol–water partition coefficient (Wildman–Crippen LogP) is 2.33. The van der Waals surface area contributed by atoms with Crippen LogP contribution in [0.5, 0.6) is 0 Å². The van der Waals surface area contributed by atoms with Crippen molar-refractivity contribution in [1.82, 2.24) is 0 Å². The standard InChI is InChI=1S/C14H19NO2/c1-9(14(16)17)7-11-5-4-6-13-12(11)8-10(2)15(13)3/h4-6,9-10H,7-8H2,1-3H3,(H,16,17). The lowest BCUT2D eigenvalue weighted by atomic mass is 9.95. The molecule has 0 amide bonds. The van der Waals surface area contributed by atoms with E-state index in [9.17, 15) is 4.79 Å². The molecule has 1 N–H and O–H groups in total. The second kappa shape index (κ2) is 4.40. The van der Waals surface area contributed by atoms with Gasteiger partial charge in [0.1, 0.15) is 0 Å². The zero-order valence-corrected chi connectivity index (χ0v) is 10.6. The first-order chi connectivity index (χ1) is 8.00. The average molecular weight is 233 g/mol. The summed E-state index contributed by atoms with van der Waals surface area (Å²) >= 11 is 0. The molecule has 2 rings (SSSR count). The Morgan fingerprint density at radius 1 is 1.59 bits per heavy atom. The number of carboxylic acids is 1. The van der Waals surface area contributed by atoms with Gasteiger partial charge in [0.25, 0.3) is 0 Å². The second-order valence-corrected chi connectivity index (χ2v) is 5.02. The van der Waals surface area contributed by atoms with Crippen molar-refractivity contribution in [2.24, 2.45) is 5.92 Å². The number of rotatable bonds is 3. The zero-order valence-electron chi connectivity index (χ0n) is 10.6. The Bertz CT molecular complexity index is 442. The van der Waals surface area contributed by atoms with Crippen molar-refractivity contribution in [3.63, 3.8) is 0 Å². The Labute approximate surface area is 102 Å². The fourth-order valence-corrected chi connectivity index (χ4v) is 2.47. The van der Waals surface area contributed by atoms with Crippen molar-refractivity contribution in [2.75, 3.05) is 11.9 Å². The van der Waals surface area contributed by atoms with Crippen molar-refractivity contribution >= 4 is 11.7 Å². The summed E-state index contributed by atoms with van der Waals surface area (Å²) in [6.45, 7) is 3.97. The number of hydrogen-bond donors (Lipinski definition) is 1. The van der Waals surface area contributed by atoms with Crippen LogP contribution < -0.4 is 4.90 Å². The minimum atomic E-state index is -0.720. The van der Waals surface area contributed by atoms with E-state index in [2.05, 4.69) is 31.0 Å². The Kier molecular flexibility index (Phi) is 3.09. The molecule has 1 aliphatic rings. The van der Waals surface area contributed by atoms with Gasteiger partial charge in [-0.1, -0.05) is 19.1 Å². The maximum Gasteiger partial charge on any atom is 0.306 e. The number of aliphatic carboxylic acids is 1. The highest BCUT2D eigenvalue weighted by atomic mass is 16.4. The normalized spacial score (nSPS) is 20.2. The first kappa shape index (κ1) is 12.0. The molecule has 0 spiro atoms. The summed E-state index contributed by atoms with van der Waals surface area (Å²) in [5, 5.41) is 8.99. The fourth-order valence-electron chi connectivity index (χ4n) is 2.47. The summed E-state index contributed by atoms with van der Waals surface area (Å²) in [7, 11) is 2.10. The van der Waals surface area contributed by atoms with E-state index in [0.717, 1.165) is 6.42 Å². The Balaban J connectivity index is 2.29. The van der Waals surface area contributed by atoms with Gasteiger partial charge in [0.2, 0.25) is 0 Å². The van der Waals surface area contributed by atoms with Crippen molar-refractivity contribution in [1.29, 1.82) is 0 Å². The van der Waals surface area contributed by atoms with Gasteiger partial charge in [-0.05, 0) is 37.0 Å². The topological polar surface area (TPSA) is 40.5 Å². The molecule has 1 aromatic rings. The maximum absolute atomic E-state index is 10.9. The van der Waals surface area contributed by atoms with Crippen LogP contribution in [0.2, 0.25) is 0 Å². The molecule has 1 heterocycles. The third-order valence-electron chi connectivity index (χ3n) is 3.74. The van der Waals surface area contributed by atoms with Gasteiger partial charge in [-0.2, -0.15) is 0 Å². The lowest BCUT2D eigenvalue weighted by Gasteiger charge is -2.18. The highest BCUT2D eigenvalue weighted by Gasteiger charge is 2.25. The minimum Gasteiger partial charge on any atom is -0.481 e.